The first-order chi connectivity index (χ1) is 11.1. The van der Waals surface area contributed by atoms with Crippen molar-refractivity contribution >= 4 is 17.2 Å². The normalized spacial score (nSPS) is 13.9. The minimum absolute atomic E-state index is 0.0495. The van der Waals surface area contributed by atoms with E-state index in [1.807, 2.05) is 17.5 Å². The van der Waals surface area contributed by atoms with Crippen LogP contribution in [-0.2, 0) is 12.6 Å². The maximum Gasteiger partial charge on any atom is 0.418 e. The first-order valence-electron chi connectivity index (χ1n) is 7.12. The molecule has 0 radical (unpaired) electrons. The maximum absolute atomic E-state index is 13.3. The summed E-state index contributed by atoms with van der Waals surface area (Å²) in [4.78, 5) is 0.966. The molecule has 1 aliphatic rings. The first-order valence-corrected chi connectivity index (χ1v) is 8.00. The van der Waals surface area contributed by atoms with Gasteiger partial charge in [0.2, 0.25) is 0 Å². The summed E-state index contributed by atoms with van der Waals surface area (Å²) in [5.74, 6) is 0.658. The molecule has 4 rings (SSSR count). The van der Waals surface area contributed by atoms with Gasteiger partial charge >= 0.3 is 6.18 Å². The van der Waals surface area contributed by atoms with Gasteiger partial charge in [0.1, 0.15) is 11.5 Å². The van der Waals surface area contributed by atoms with Crippen molar-refractivity contribution in [3.8, 4) is 16.3 Å². The molecule has 0 aliphatic carbocycles. The fourth-order valence-electron chi connectivity index (χ4n) is 2.86. The van der Waals surface area contributed by atoms with E-state index in [1.165, 1.54) is 28.2 Å². The van der Waals surface area contributed by atoms with Crippen molar-refractivity contribution in [2.45, 2.75) is 12.6 Å². The third-order valence-corrected chi connectivity index (χ3v) is 4.72. The summed E-state index contributed by atoms with van der Waals surface area (Å²) in [6, 6.07) is 9.38. The molecule has 7 heteroatoms. The number of thiophene rings is 1. The number of hydrogen-bond acceptors (Lipinski definition) is 3. The van der Waals surface area contributed by atoms with Gasteiger partial charge in [-0.15, -0.1) is 11.3 Å². The van der Waals surface area contributed by atoms with Crippen LogP contribution in [0.15, 0.2) is 41.8 Å². The molecule has 0 spiro atoms. The first kappa shape index (κ1) is 14.3. The van der Waals surface area contributed by atoms with Gasteiger partial charge in [-0.25, -0.2) is 4.68 Å². The number of aromatic nitrogens is 2. The van der Waals surface area contributed by atoms with Crippen LogP contribution in [0.1, 0.15) is 11.1 Å². The number of alkyl halides is 3. The Morgan fingerprint density at radius 3 is 2.70 bits per heavy atom. The van der Waals surface area contributed by atoms with Crippen LogP contribution >= 0.6 is 11.3 Å². The molecule has 118 valence electrons. The maximum atomic E-state index is 13.3. The average molecular weight is 335 g/mol. The summed E-state index contributed by atoms with van der Waals surface area (Å²) < 4.78 is 41.3. The molecule has 3 nitrogen and oxygen atoms in total. The predicted molar refractivity (Wildman–Crippen MR) is 84.1 cm³/mol. The van der Waals surface area contributed by atoms with Crippen LogP contribution in [-0.4, -0.2) is 16.3 Å². The molecule has 0 unspecified atom stereocenters. The van der Waals surface area contributed by atoms with Gasteiger partial charge in [-0.05, 0) is 30.0 Å². The molecule has 0 fully saturated rings. The molecule has 0 saturated heterocycles. The molecule has 3 heterocycles. The number of hydrogen-bond donors (Lipinski definition) is 1. The monoisotopic (exact) mass is 335 g/mol. The van der Waals surface area contributed by atoms with E-state index in [1.54, 1.807) is 6.07 Å². The molecule has 0 amide bonds. The molecule has 1 aromatic carbocycles. The van der Waals surface area contributed by atoms with Crippen molar-refractivity contribution in [3.05, 3.63) is 52.9 Å². The Balaban J connectivity index is 1.94. The van der Waals surface area contributed by atoms with Crippen molar-refractivity contribution in [3.63, 3.8) is 0 Å². The number of halogens is 3. The number of para-hydroxylation sites is 1. The third kappa shape index (κ3) is 2.31. The lowest BCUT2D eigenvalue weighted by Gasteiger charge is -2.14. The van der Waals surface area contributed by atoms with E-state index in [-0.39, 0.29) is 5.69 Å². The Hall–Kier alpha value is -2.28. The molecule has 1 N–H and O–H groups in total. The summed E-state index contributed by atoms with van der Waals surface area (Å²) in [5.41, 5.74) is 1.10. The fraction of sp³-hybridized carbons (Fsp3) is 0.188. The summed E-state index contributed by atoms with van der Waals surface area (Å²) >= 11 is 1.53. The number of nitrogens with zero attached hydrogens (tertiary/aromatic N) is 2. The summed E-state index contributed by atoms with van der Waals surface area (Å²) in [7, 11) is 0. The van der Waals surface area contributed by atoms with Gasteiger partial charge in [-0.3, -0.25) is 0 Å². The Kier molecular flexibility index (Phi) is 3.19. The number of benzene rings is 1. The Morgan fingerprint density at radius 1 is 1.13 bits per heavy atom. The predicted octanol–water partition coefficient (Wildman–Crippen LogP) is 4.59. The van der Waals surface area contributed by atoms with Crippen LogP contribution in [0.4, 0.5) is 19.0 Å². The highest BCUT2D eigenvalue weighted by atomic mass is 32.1. The molecule has 0 atom stereocenters. The summed E-state index contributed by atoms with van der Waals surface area (Å²) in [5, 5.41) is 9.59. The standard InChI is InChI=1S/C16H12F3N3S/c17-16(18,19)11-4-1-2-5-12(11)22-15-10(7-8-20-15)14(21-22)13-6-3-9-23-13/h1-6,9,20H,7-8H2. The topological polar surface area (TPSA) is 29.9 Å². The van der Waals surface area contributed by atoms with Crippen LogP contribution in [0.25, 0.3) is 16.3 Å². The zero-order valence-corrected chi connectivity index (χ0v) is 12.7. The molecule has 0 bridgehead atoms. The minimum atomic E-state index is -4.42. The van der Waals surface area contributed by atoms with E-state index in [0.717, 1.165) is 28.6 Å². The lowest BCUT2D eigenvalue weighted by atomic mass is 10.1. The lowest BCUT2D eigenvalue weighted by Crippen LogP contribution is -2.13. The number of fused-ring (bicyclic) bond motifs is 1. The highest BCUT2D eigenvalue weighted by molar-refractivity contribution is 7.13. The van der Waals surface area contributed by atoms with E-state index in [9.17, 15) is 13.2 Å². The van der Waals surface area contributed by atoms with E-state index >= 15 is 0 Å². The number of anilines is 1. The minimum Gasteiger partial charge on any atom is -0.369 e. The number of rotatable bonds is 2. The van der Waals surface area contributed by atoms with Gasteiger partial charge in [0.25, 0.3) is 0 Å². The van der Waals surface area contributed by atoms with Crippen LogP contribution in [0.5, 0.6) is 0 Å². The summed E-state index contributed by atoms with van der Waals surface area (Å²) in [6.45, 7) is 0.708. The Bertz CT molecular complexity index is 850. The molecule has 3 aromatic rings. The largest absolute Gasteiger partial charge is 0.418 e. The van der Waals surface area contributed by atoms with Crippen molar-refractivity contribution in [2.24, 2.45) is 0 Å². The van der Waals surface area contributed by atoms with Gasteiger partial charge in [0.15, 0.2) is 0 Å². The van der Waals surface area contributed by atoms with Crippen molar-refractivity contribution in [1.82, 2.24) is 9.78 Å². The van der Waals surface area contributed by atoms with E-state index in [0.29, 0.717) is 12.4 Å². The molecule has 0 saturated carbocycles. The molecule has 23 heavy (non-hydrogen) atoms. The van der Waals surface area contributed by atoms with Crippen molar-refractivity contribution < 1.29 is 13.2 Å². The zero-order valence-electron chi connectivity index (χ0n) is 11.9. The van der Waals surface area contributed by atoms with E-state index < -0.39 is 11.7 Å². The van der Waals surface area contributed by atoms with Crippen molar-refractivity contribution in [1.29, 1.82) is 0 Å². The zero-order chi connectivity index (χ0) is 16.0. The second-order valence-electron chi connectivity index (χ2n) is 5.26. The van der Waals surface area contributed by atoms with Crippen LogP contribution < -0.4 is 5.32 Å². The molecular weight excluding hydrogens is 323 g/mol. The van der Waals surface area contributed by atoms with Gasteiger partial charge < -0.3 is 5.32 Å². The third-order valence-electron chi connectivity index (χ3n) is 3.84. The second-order valence-corrected chi connectivity index (χ2v) is 6.20. The average Bonchev–Trinajstić information content (AvgIpc) is 3.23. The quantitative estimate of drug-likeness (QED) is 0.742. The van der Waals surface area contributed by atoms with E-state index in [2.05, 4.69) is 10.4 Å². The fourth-order valence-corrected chi connectivity index (χ4v) is 3.59. The van der Waals surface area contributed by atoms with Gasteiger partial charge in [0.05, 0.1) is 16.1 Å². The number of nitrogens with one attached hydrogen (secondary N) is 1. The highest BCUT2D eigenvalue weighted by Gasteiger charge is 2.35. The highest BCUT2D eigenvalue weighted by Crippen LogP contribution is 2.39. The lowest BCUT2D eigenvalue weighted by molar-refractivity contribution is -0.137. The Morgan fingerprint density at radius 2 is 1.96 bits per heavy atom. The van der Waals surface area contributed by atoms with Crippen LogP contribution in [0, 0.1) is 0 Å². The van der Waals surface area contributed by atoms with Crippen LogP contribution in [0.2, 0.25) is 0 Å². The Labute approximate surface area is 134 Å². The molecule has 2 aromatic heterocycles. The second kappa shape index (κ2) is 5.13. The van der Waals surface area contributed by atoms with Crippen molar-refractivity contribution in [2.75, 3.05) is 11.9 Å². The van der Waals surface area contributed by atoms with Crippen LogP contribution in [0.3, 0.4) is 0 Å². The van der Waals surface area contributed by atoms with Gasteiger partial charge in [0, 0.05) is 12.1 Å². The SMILES string of the molecule is FC(F)(F)c1ccccc1-n1nc(-c2cccs2)c2c1NCC2. The summed E-state index contributed by atoms with van der Waals surface area (Å²) in [6.07, 6.45) is -3.66. The van der Waals surface area contributed by atoms with Gasteiger partial charge in [-0.1, -0.05) is 18.2 Å². The van der Waals surface area contributed by atoms with Gasteiger partial charge in [-0.2, -0.15) is 18.3 Å². The van der Waals surface area contributed by atoms with E-state index in [4.69, 9.17) is 0 Å². The molecular formula is C16H12F3N3S. The smallest absolute Gasteiger partial charge is 0.369 e. The molecule has 1 aliphatic heterocycles.